The molecule has 15 heavy (non-hydrogen) atoms. The number of hydrogen-bond donors (Lipinski definition) is 0. The highest BCUT2D eigenvalue weighted by Crippen LogP contribution is 2.58. The minimum absolute atomic E-state index is 0.0886. The second-order valence-electron chi connectivity index (χ2n) is 4.40. The Bertz CT molecular complexity index is 404. The Labute approximate surface area is 86.0 Å². The highest BCUT2D eigenvalue weighted by atomic mass is 19.3. The molecule has 1 aliphatic carbocycles. The Hall–Kier alpha value is -0.970. The number of epoxide rings is 1. The van der Waals surface area contributed by atoms with E-state index < -0.39 is 11.5 Å². The number of fused-ring (bicyclic) bond motifs is 1. The van der Waals surface area contributed by atoms with Gasteiger partial charge in [0, 0.05) is 26.1 Å². The van der Waals surface area contributed by atoms with Crippen LogP contribution in [0.15, 0.2) is 12.3 Å². The molecule has 0 amide bonds. The summed E-state index contributed by atoms with van der Waals surface area (Å²) in [5, 5.41) is 4.05. The molecule has 0 radical (unpaired) electrons. The minimum atomic E-state index is -2.55. The maximum Gasteiger partial charge on any atom is 0.250 e. The molecule has 3 rings (SSSR count). The van der Waals surface area contributed by atoms with Gasteiger partial charge in [-0.05, 0) is 12.5 Å². The first kappa shape index (κ1) is 9.27. The van der Waals surface area contributed by atoms with Crippen molar-refractivity contribution in [2.75, 3.05) is 0 Å². The molecule has 0 spiro atoms. The molecule has 1 aliphatic heterocycles. The van der Waals surface area contributed by atoms with E-state index in [1.54, 1.807) is 10.9 Å². The summed E-state index contributed by atoms with van der Waals surface area (Å²) in [6.07, 6.45) is 1.50. The average Bonchev–Trinajstić information content (AvgIpc) is 2.68. The normalized spacial score (nSPS) is 37.4. The molecule has 1 saturated heterocycles. The standard InChI is InChI=1S/C10H12F2N2O/c1-14-7(2-5-13-14)10-4-3-9(11,12)6-8(10)15-10/h2,5,8H,3-4,6H2,1H3/t8-,10+/m0/s1. The van der Waals surface area contributed by atoms with Gasteiger partial charge in [0.2, 0.25) is 0 Å². The molecular weight excluding hydrogens is 202 g/mol. The highest BCUT2D eigenvalue weighted by Gasteiger charge is 2.65. The van der Waals surface area contributed by atoms with Gasteiger partial charge in [-0.3, -0.25) is 4.68 Å². The molecule has 2 atom stereocenters. The van der Waals surface area contributed by atoms with Crippen LogP contribution in [0.25, 0.3) is 0 Å². The van der Waals surface area contributed by atoms with Crippen LogP contribution in [0.5, 0.6) is 0 Å². The second kappa shape index (κ2) is 2.58. The van der Waals surface area contributed by atoms with Crippen LogP contribution in [-0.4, -0.2) is 21.8 Å². The third-order valence-electron chi connectivity index (χ3n) is 3.42. The summed E-state index contributed by atoms with van der Waals surface area (Å²) < 4.78 is 33.4. The molecule has 5 heteroatoms. The smallest absolute Gasteiger partial charge is 0.250 e. The molecule has 3 nitrogen and oxygen atoms in total. The lowest BCUT2D eigenvalue weighted by Crippen LogP contribution is -2.31. The molecule has 2 fully saturated rings. The number of aromatic nitrogens is 2. The Morgan fingerprint density at radius 1 is 1.53 bits per heavy atom. The van der Waals surface area contributed by atoms with E-state index in [1.807, 2.05) is 13.1 Å². The summed E-state index contributed by atoms with van der Waals surface area (Å²) in [6, 6.07) is 1.85. The second-order valence-corrected chi connectivity index (χ2v) is 4.40. The summed E-state index contributed by atoms with van der Waals surface area (Å²) in [4.78, 5) is 0. The van der Waals surface area contributed by atoms with Gasteiger partial charge in [-0.1, -0.05) is 0 Å². The highest BCUT2D eigenvalue weighted by molar-refractivity contribution is 5.24. The van der Waals surface area contributed by atoms with Gasteiger partial charge in [0.25, 0.3) is 5.92 Å². The Balaban J connectivity index is 1.89. The first-order valence-corrected chi connectivity index (χ1v) is 5.08. The Morgan fingerprint density at radius 2 is 2.33 bits per heavy atom. The zero-order valence-electron chi connectivity index (χ0n) is 8.41. The van der Waals surface area contributed by atoms with Gasteiger partial charge in [0.15, 0.2) is 0 Å². The summed E-state index contributed by atoms with van der Waals surface area (Å²) in [6.45, 7) is 0. The van der Waals surface area contributed by atoms with Crippen LogP contribution in [0.2, 0.25) is 0 Å². The zero-order chi connectivity index (χ0) is 10.7. The third-order valence-corrected chi connectivity index (χ3v) is 3.42. The van der Waals surface area contributed by atoms with Crippen molar-refractivity contribution in [1.29, 1.82) is 0 Å². The Kier molecular flexibility index (Phi) is 1.60. The number of ether oxygens (including phenoxy) is 1. The van der Waals surface area contributed by atoms with E-state index in [2.05, 4.69) is 5.10 Å². The number of rotatable bonds is 1. The lowest BCUT2D eigenvalue weighted by molar-refractivity contribution is -0.0332. The molecule has 1 saturated carbocycles. The van der Waals surface area contributed by atoms with Gasteiger partial charge < -0.3 is 4.74 Å². The number of alkyl halides is 2. The van der Waals surface area contributed by atoms with Crippen LogP contribution in [0.4, 0.5) is 8.78 Å². The monoisotopic (exact) mass is 214 g/mol. The molecule has 1 aromatic heterocycles. The molecule has 1 aromatic rings. The van der Waals surface area contributed by atoms with E-state index in [-0.39, 0.29) is 18.9 Å². The Morgan fingerprint density at radius 3 is 2.93 bits per heavy atom. The third kappa shape index (κ3) is 1.22. The van der Waals surface area contributed by atoms with Gasteiger partial charge in [-0.25, -0.2) is 8.78 Å². The first-order valence-electron chi connectivity index (χ1n) is 5.08. The van der Waals surface area contributed by atoms with E-state index in [0.29, 0.717) is 6.42 Å². The van der Waals surface area contributed by atoms with Gasteiger partial charge >= 0.3 is 0 Å². The molecule has 0 aromatic carbocycles. The van der Waals surface area contributed by atoms with Crippen molar-refractivity contribution >= 4 is 0 Å². The molecule has 0 bridgehead atoms. The van der Waals surface area contributed by atoms with E-state index in [0.717, 1.165) is 5.69 Å². The van der Waals surface area contributed by atoms with Crippen LogP contribution in [0.1, 0.15) is 25.0 Å². The van der Waals surface area contributed by atoms with Crippen molar-refractivity contribution in [2.24, 2.45) is 7.05 Å². The fourth-order valence-electron chi connectivity index (χ4n) is 2.53. The van der Waals surface area contributed by atoms with E-state index in [4.69, 9.17) is 4.74 Å². The van der Waals surface area contributed by atoms with Crippen LogP contribution >= 0.6 is 0 Å². The maximum absolute atomic E-state index is 13.1. The molecule has 0 unspecified atom stereocenters. The maximum atomic E-state index is 13.1. The lowest BCUT2D eigenvalue weighted by Gasteiger charge is -2.24. The fourth-order valence-corrected chi connectivity index (χ4v) is 2.53. The molecule has 2 aliphatic rings. The predicted octanol–water partition coefficient (Wildman–Crippen LogP) is 1.83. The summed E-state index contributed by atoms with van der Waals surface area (Å²) in [7, 11) is 1.82. The van der Waals surface area contributed by atoms with Crippen molar-refractivity contribution in [2.45, 2.75) is 36.9 Å². The summed E-state index contributed by atoms with van der Waals surface area (Å²) >= 11 is 0. The predicted molar refractivity (Wildman–Crippen MR) is 48.6 cm³/mol. The van der Waals surface area contributed by atoms with E-state index in [1.165, 1.54) is 0 Å². The van der Waals surface area contributed by atoms with Gasteiger partial charge in [-0.2, -0.15) is 5.10 Å². The molecule has 0 N–H and O–H groups in total. The van der Waals surface area contributed by atoms with Crippen molar-refractivity contribution in [1.82, 2.24) is 9.78 Å². The summed E-state index contributed by atoms with van der Waals surface area (Å²) in [5.74, 6) is -2.55. The minimum Gasteiger partial charge on any atom is -0.359 e. The fraction of sp³-hybridized carbons (Fsp3) is 0.700. The van der Waals surface area contributed by atoms with Crippen molar-refractivity contribution in [3.8, 4) is 0 Å². The molecule has 2 heterocycles. The van der Waals surface area contributed by atoms with Crippen molar-refractivity contribution in [3.63, 3.8) is 0 Å². The van der Waals surface area contributed by atoms with Gasteiger partial charge in [-0.15, -0.1) is 0 Å². The van der Waals surface area contributed by atoms with Gasteiger partial charge in [0.05, 0.1) is 11.8 Å². The number of halogens is 2. The molecular formula is C10H12F2N2O. The van der Waals surface area contributed by atoms with Gasteiger partial charge in [0.1, 0.15) is 5.60 Å². The van der Waals surface area contributed by atoms with Crippen LogP contribution in [-0.2, 0) is 17.4 Å². The zero-order valence-corrected chi connectivity index (χ0v) is 8.41. The first-order chi connectivity index (χ1) is 7.04. The quantitative estimate of drug-likeness (QED) is 0.668. The van der Waals surface area contributed by atoms with Crippen LogP contribution in [0, 0.1) is 0 Å². The van der Waals surface area contributed by atoms with Crippen LogP contribution in [0.3, 0.4) is 0 Å². The van der Waals surface area contributed by atoms with Crippen LogP contribution < -0.4 is 0 Å². The van der Waals surface area contributed by atoms with Crippen molar-refractivity contribution < 1.29 is 13.5 Å². The lowest BCUT2D eigenvalue weighted by atomic mass is 9.84. The molecule has 82 valence electrons. The van der Waals surface area contributed by atoms with E-state index >= 15 is 0 Å². The van der Waals surface area contributed by atoms with Crippen molar-refractivity contribution in [3.05, 3.63) is 18.0 Å². The summed E-state index contributed by atoms with van der Waals surface area (Å²) in [5.41, 5.74) is 0.454. The average molecular weight is 214 g/mol. The topological polar surface area (TPSA) is 30.4 Å². The number of hydrogen-bond acceptors (Lipinski definition) is 2. The van der Waals surface area contributed by atoms with E-state index in [9.17, 15) is 8.78 Å². The largest absolute Gasteiger partial charge is 0.359 e. The number of nitrogens with zero attached hydrogens (tertiary/aromatic N) is 2. The SMILES string of the molecule is Cn1nccc1[C@]12CCC(F)(F)C[C@@H]1O2. The number of aryl methyl sites for hydroxylation is 1.